The number of hydrogen-bond acceptors (Lipinski definition) is 2. The third kappa shape index (κ3) is 1.74. The van der Waals surface area contributed by atoms with Gasteiger partial charge in [-0.25, -0.2) is 0 Å². The van der Waals surface area contributed by atoms with Gasteiger partial charge >= 0.3 is 0 Å². The van der Waals surface area contributed by atoms with Crippen molar-refractivity contribution in [2.75, 3.05) is 0 Å². The monoisotopic (exact) mass is 224 g/mol. The van der Waals surface area contributed by atoms with E-state index >= 15 is 0 Å². The van der Waals surface area contributed by atoms with Crippen LogP contribution in [0.25, 0.3) is 0 Å². The molecule has 1 N–H and O–H groups in total. The Morgan fingerprint density at radius 2 is 2.13 bits per heavy atom. The highest BCUT2D eigenvalue weighted by atomic mass is 32.1. The van der Waals surface area contributed by atoms with Crippen LogP contribution in [0.5, 0.6) is 0 Å². The van der Waals surface area contributed by atoms with Crippen LogP contribution >= 0.6 is 11.3 Å². The molecule has 2 atom stereocenters. The Hall–Kier alpha value is -0.340. The minimum atomic E-state index is -0.590. The standard InChI is InChI=1S/C13H20OS/c1-9-7-12(3,4)8-13(9,14)11-5-6-15-10(11)2/h5-6,9,14H,7-8H2,1-4H3. The van der Waals surface area contributed by atoms with Gasteiger partial charge in [-0.1, -0.05) is 20.8 Å². The quantitative estimate of drug-likeness (QED) is 0.771. The molecular formula is C13H20OS. The predicted molar refractivity (Wildman–Crippen MR) is 65.1 cm³/mol. The zero-order valence-electron chi connectivity index (χ0n) is 10.0. The lowest BCUT2D eigenvalue weighted by molar-refractivity contribution is -0.000947. The van der Waals surface area contributed by atoms with E-state index in [1.54, 1.807) is 11.3 Å². The summed E-state index contributed by atoms with van der Waals surface area (Å²) in [6.45, 7) is 8.79. The molecule has 1 heterocycles. The second-order valence-corrected chi connectivity index (χ2v) is 6.88. The molecule has 1 fully saturated rings. The highest BCUT2D eigenvalue weighted by Gasteiger charge is 2.49. The van der Waals surface area contributed by atoms with E-state index in [9.17, 15) is 5.11 Å². The number of thiophene rings is 1. The summed E-state index contributed by atoms with van der Waals surface area (Å²) < 4.78 is 0. The highest BCUT2D eigenvalue weighted by molar-refractivity contribution is 7.10. The first-order valence-electron chi connectivity index (χ1n) is 5.62. The number of aryl methyl sites for hydroxylation is 1. The van der Waals surface area contributed by atoms with Crippen LogP contribution in [0.4, 0.5) is 0 Å². The Bertz CT molecular complexity index is 366. The fraction of sp³-hybridized carbons (Fsp3) is 0.692. The predicted octanol–water partition coefficient (Wildman–Crippen LogP) is 3.70. The van der Waals surface area contributed by atoms with Crippen molar-refractivity contribution in [3.63, 3.8) is 0 Å². The SMILES string of the molecule is Cc1sccc1C1(O)CC(C)(C)CC1C. The van der Waals surface area contributed by atoms with Crippen molar-refractivity contribution in [3.05, 3.63) is 21.9 Å². The van der Waals surface area contributed by atoms with E-state index in [1.165, 1.54) is 4.88 Å². The van der Waals surface area contributed by atoms with E-state index in [4.69, 9.17) is 0 Å². The molecule has 1 aliphatic rings. The maximum atomic E-state index is 10.8. The average molecular weight is 224 g/mol. The molecule has 0 amide bonds. The van der Waals surface area contributed by atoms with Crippen LogP contribution in [0.3, 0.4) is 0 Å². The molecule has 15 heavy (non-hydrogen) atoms. The van der Waals surface area contributed by atoms with Crippen LogP contribution < -0.4 is 0 Å². The number of hydrogen-bond donors (Lipinski definition) is 1. The van der Waals surface area contributed by atoms with Crippen molar-refractivity contribution in [3.8, 4) is 0 Å². The van der Waals surface area contributed by atoms with E-state index in [0.29, 0.717) is 5.92 Å². The van der Waals surface area contributed by atoms with Gasteiger partial charge in [-0.15, -0.1) is 11.3 Å². The van der Waals surface area contributed by atoms with Crippen LogP contribution in [-0.4, -0.2) is 5.11 Å². The zero-order valence-corrected chi connectivity index (χ0v) is 10.8. The minimum Gasteiger partial charge on any atom is -0.385 e. The smallest absolute Gasteiger partial charge is 0.0937 e. The summed E-state index contributed by atoms with van der Waals surface area (Å²) in [5.74, 6) is 0.362. The molecule has 0 saturated heterocycles. The van der Waals surface area contributed by atoms with Gasteiger partial charge in [0.25, 0.3) is 0 Å². The summed E-state index contributed by atoms with van der Waals surface area (Å²) in [6.07, 6.45) is 2.00. The Kier molecular flexibility index (Phi) is 2.47. The minimum absolute atomic E-state index is 0.266. The van der Waals surface area contributed by atoms with Gasteiger partial charge in [0.1, 0.15) is 0 Å². The lowest BCUT2D eigenvalue weighted by atomic mass is 9.84. The van der Waals surface area contributed by atoms with Gasteiger partial charge in [-0.05, 0) is 48.1 Å². The summed E-state index contributed by atoms with van der Waals surface area (Å²) in [6, 6.07) is 2.10. The molecule has 1 aromatic rings. The summed E-state index contributed by atoms with van der Waals surface area (Å²) in [5.41, 5.74) is 0.835. The third-order valence-electron chi connectivity index (χ3n) is 3.75. The number of aliphatic hydroxyl groups is 1. The molecule has 0 aliphatic heterocycles. The molecule has 2 heteroatoms. The molecule has 2 unspecified atom stereocenters. The average Bonchev–Trinajstić information content (AvgIpc) is 2.56. The molecule has 0 spiro atoms. The molecule has 0 bridgehead atoms. The molecule has 1 nitrogen and oxygen atoms in total. The number of rotatable bonds is 1. The second-order valence-electron chi connectivity index (χ2n) is 5.76. The van der Waals surface area contributed by atoms with Gasteiger partial charge in [0.2, 0.25) is 0 Å². The van der Waals surface area contributed by atoms with E-state index in [1.807, 2.05) is 0 Å². The van der Waals surface area contributed by atoms with Crippen molar-refractivity contribution < 1.29 is 5.11 Å². The third-order valence-corrected chi connectivity index (χ3v) is 4.59. The molecule has 0 aromatic carbocycles. The van der Waals surface area contributed by atoms with Crippen molar-refractivity contribution in [2.45, 2.75) is 46.1 Å². The fourth-order valence-corrected chi connectivity index (χ4v) is 3.95. The van der Waals surface area contributed by atoms with Gasteiger partial charge in [0, 0.05) is 4.88 Å². The Balaban J connectivity index is 2.40. The van der Waals surface area contributed by atoms with Crippen LogP contribution in [0.1, 0.15) is 44.1 Å². The maximum Gasteiger partial charge on any atom is 0.0937 e. The Labute approximate surface area is 96.1 Å². The first-order chi connectivity index (χ1) is 6.85. The molecule has 0 radical (unpaired) electrons. The van der Waals surface area contributed by atoms with E-state index in [-0.39, 0.29) is 5.41 Å². The molecule has 84 valence electrons. The summed E-state index contributed by atoms with van der Waals surface area (Å²) >= 11 is 1.73. The summed E-state index contributed by atoms with van der Waals surface area (Å²) in [5, 5.41) is 12.9. The Morgan fingerprint density at radius 1 is 1.47 bits per heavy atom. The first kappa shape index (κ1) is 11.2. The zero-order chi connectivity index (χ0) is 11.3. The maximum absolute atomic E-state index is 10.8. The van der Waals surface area contributed by atoms with Crippen molar-refractivity contribution in [2.24, 2.45) is 11.3 Å². The van der Waals surface area contributed by atoms with Crippen LogP contribution in [0.2, 0.25) is 0 Å². The van der Waals surface area contributed by atoms with Crippen LogP contribution in [-0.2, 0) is 5.60 Å². The molecule has 1 saturated carbocycles. The van der Waals surface area contributed by atoms with Crippen LogP contribution in [0.15, 0.2) is 11.4 Å². The topological polar surface area (TPSA) is 20.2 Å². The largest absolute Gasteiger partial charge is 0.385 e. The van der Waals surface area contributed by atoms with Gasteiger partial charge in [-0.2, -0.15) is 0 Å². The van der Waals surface area contributed by atoms with E-state index in [0.717, 1.165) is 18.4 Å². The summed E-state index contributed by atoms with van der Waals surface area (Å²) in [4.78, 5) is 1.27. The van der Waals surface area contributed by atoms with Crippen molar-refractivity contribution in [1.29, 1.82) is 0 Å². The first-order valence-corrected chi connectivity index (χ1v) is 6.50. The molecule has 1 aliphatic carbocycles. The summed E-state index contributed by atoms with van der Waals surface area (Å²) in [7, 11) is 0. The van der Waals surface area contributed by atoms with Crippen LogP contribution in [0, 0.1) is 18.3 Å². The van der Waals surface area contributed by atoms with Gasteiger partial charge in [0.05, 0.1) is 5.60 Å². The molecular weight excluding hydrogens is 204 g/mol. The van der Waals surface area contributed by atoms with Gasteiger partial charge < -0.3 is 5.11 Å². The van der Waals surface area contributed by atoms with Crippen molar-refractivity contribution in [1.82, 2.24) is 0 Å². The van der Waals surface area contributed by atoms with Gasteiger partial charge in [-0.3, -0.25) is 0 Å². The lowest BCUT2D eigenvalue weighted by Crippen LogP contribution is -2.29. The van der Waals surface area contributed by atoms with E-state index < -0.39 is 5.60 Å². The highest BCUT2D eigenvalue weighted by Crippen LogP contribution is 2.53. The Morgan fingerprint density at radius 3 is 2.53 bits per heavy atom. The van der Waals surface area contributed by atoms with Gasteiger partial charge in [0.15, 0.2) is 0 Å². The normalized spacial score (nSPS) is 34.6. The molecule has 1 aromatic heterocycles. The fourth-order valence-electron chi connectivity index (χ4n) is 3.17. The van der Waals surface area contributed by atoms with Crippen molar-refractivity contribution >= 4 is 11.3 Å². The van der Waals surface area contributed by atoms with E-state index in [2.05, 4.69) is 39.1 Å². The molecule has 2 rings (SSSR count). The second kappa shape index (κ2) is 3.33. The lowest BCUT2D eigenvalue weighted by Gasteiger charge is -2.29.